The fourth-order valence-corrected chi connectivity index (χ4v) is 3.79. The molecule has 2 heteroatoms. The highest BCUT2D eigenvalue weighted by Crippen LogP contribution is 2.59. The maximum Gasteiger partial charge on any atom is 0.225 e. The summed E-state index contributed by atoms with van der Waals surface area (Å²) < 4.78 is 0. The summed E-state index contributed by atoms with van der Waals surface area (Å²) in [5, 5.41) is -0.104. The van der Waals surface area contributed by atoms with Gasteiger partial charge in [-0.25, -0.2) is 0 Å². The Morgan fingerprint density at radius 1 is 1.42 bits per heavy atom. The fraction of sp³-hybridized carbons (Fsp3) is 0.900. The van der Waals surface area contributed by atoms with Gasteiger partial charge in [-0.05, 0) is 48.1 Å². The van der Waals surface area contributed by atoms with E-state index in [1.54, 1.807) is 0 Å². The number of carbonyl (C=O) groups excluding carboxylic acids is 1. The van der Waals surface area contributed by atoms with E-state index in [0.717, 1.165) is 5.92 Å². The van der Waals surface area contributed by atoms with Gasteiger partial charge in [-0.15, -0.1) is 0 Å². The van der Waals surface area contributed by atoms with E-state index >= 15 is 0 Å². The van der Waals surface area contributed by atoms with Gasteiger partial charge in [-0.1, -0.05) is 13.8 Å². The summed E-state index contributed by atoms with van der Waals surface area (Å²) in [6.45, 7) is 4.39. The Morgan fingerprint density at radius 2 is 2.08 bits per heavy atom. The molecule has 0 aromatic heterocycles. The van der Waals surface area contributed by atoms with Crippen LogP contribution in [0.2, 0.25) is 0 Å². The molecule has 12 heavy (non-hydrogen) atoms. The van der Waals surface area contributed by atoms with Crippen molar-refractivity contribution in [2.24, 2.45) is 23.2 Å². The quantitative estimate of drug-likeness (QED) is 0.576. The Bertz CT molecular complexity index is 222. The first kappa shape index (κ1) is 8.55. The first-order valence-corrected chi connectivity index (χ1v) is 5.10. The van der Waals surface area contributed by atoms with Crippen molar-refractivity contribution in [3.05, 3.63) is 0 Å². The van der Waals surface area contributed by atoms with Crippen LogP contribution in [0.3, 0.4) is 0 Å². The molecule has 0 radical (unpaired) electrons. The molecule has 2 fully saturated rings. The van der Waals surface area contributed by atoms with Crippen LogP contribution in [-0.2, 0) is 4.79 Å². The van der Waals surface area contributed by atoms with Crippen molar-refractivity contribution >= 4 is 16.8 Å². The largest absolute Gasteiger partial charge is 0.281 e. The molecule has 0 saturated heterocycles. The maximum atomic E-state index is 11.2. The van der Waals surface area contributed by atoms with Gasteiger partial charge < -0.3 is 0 Å². The van der Waals surface area contributed by atoms with Gasteiger partial charge in [-0.2, -0.15) is 0 Å². The second-order valence-electron chi connectivity index (χ2n) is 4.87. The van der Waals surface area contributed by atoms with Crippen molar-refractivity contribution in [3.63, 3.8) is 0 Å². The first-order valence-electron chi connectivity index (χ1n) is 4.73. The van der Waals surface area contributed by atoms with Crippen molar-refractivity contribution in [2.45, 2.75) is 33.1 Å². The van der Waals surface area contributed by atoms with Gasteiger partial charge in [0.05, 0.1) is 0 Å². The van der Waals surface area contributed by atoms with E-state index in [4.69, 9.17) is 11.6 Å². The number of hydrogen-bond donors (Lipinski definition) is 0. The average molecular weight is 187 g/mol. The molecule has 1 nitrogen and oxygen atoms in total. The maximum absolute atomic E-state index is 11.2. The topological polar surface area (TPSA) is 17.1 Å². The van der Waals surface area contributed by atoms with E-state index < -0.39 is 0 Å². The normalized spacial score (nSPS) is 43.4. The van der Waals surface area contributed by atoms with E-state index in [9.17, 15) is 4.79 Å². The summed E-state index contributed by atoms with van der Waals surface area (Å²) in [4.78, 5) is 11.2. The standard InChI is InChI=1S/C10H15ClO/c1-10(2)7-4-3-6(5-7)8(10)9(11)12/h6-8H,3-5H2,1-2H3/t6-,7+,8-/m1/s1. The van der Waals surface area contributed by atoms with Crippen LogP contribution in [0.1, 0.15) is 33.1 Å². The molecule has 0 aromatic carbocycles. The number of rotatable bonds is 1. The highest BCUT2D eigenvalue weighted by Gasteiger charge is 2.55. The zero-order valence-electron chi connectivity index (χ0n) is 7.64. The Labute approximate surface area is 78.5 Å². The SMILES string of the molecule is CC1(C)[C@H]2CC[C@H](C2)[C@@H]1C(=O)Cl. The molecule has 0 N–H and O–H groups in total. The fourth-order valence-electron chi connectivity index (χ4n) is 3.33. The summed E-state index contributed by atoms with van der Waals surface area (Å²) in [5.74, 6) is 1.48. The average Bonchev–Trinajstić information content (AvgIpc) is 2.41. The van der Waals surface area contributed by atoms with Gasteiger partial charge in [0.25, 0.3) is 0 Å². The summed E-state index contributed by atoms with van der Waals surface area (Å²) >= 11 is 5.62. The highest BCUT2D eigenvalue weighted by molar-refractivity contribution is 6.64. The summed E-state index contributed by atoms with van der Waals surface area (Å²) in [7, 11) is 0. The second kappa shape index (κ2) is 2.47. The summed E-state index contributed by atoms with van der Waals surface area (Å²) in [5.41, 5.74) is 0.168. The zero-order valence-corrected chi connectivity index (χ0v) is 8.40. The Morgan fingerprint density at radius 3 is 2.42 bits per heavy atom. The third-order valence-corrected chi connectivity index (χ3v) is 4.28. The Hall–Kier alpha value is -0.0400. The molecular weight excluding hydrogens is 172 g/mol. The van der Waals surface area contributed by atoms with Crippen LogP contribution >= 0.6 is 11.6 Å². The molecule has 3 atom stereocenters. The third-order valence-electron chi connectivity index (χ3n) is 4.04. The van der Waals surface area contributed by atoms with Gasteiger partial charge in [0.1, 0.15) is 0 Å². The zero-order chi connectivity index (χ0) is 8.93. The lowest BCUT2D eigenvalue weighted by molar-refractivity contribution is -0.120. The van der Waals surface area contributed by atoms with Gasteiger partial charge >= 0.3 is 0 Å². The Kier molecular flexibility index (Phi) is 1.76. The molecule has 2 rings (SSSR count). The lowest BCUT2D eigenvalue weighted by atomic mass is 9.69. The van der Waals surface area contributed by atoms with E-state index in [0.29, 0.717) is 5.92 Å². The first-order chi connectivity index (χ1) is 5.53. The third kappa shape index (κ3) is 0.953. The molecule has 0 spiro atoms. The van der Waals surface area contributed by atoms with Gasteiger partial charge in [0.15, 0.2) is 0 Å². The van der Waals surface area contributed by atoms with Crippen molar-refractivity contribution in [2.75, 3.05) is 0 Å². The molecule has 2 saturated carbocycles. The van der Waals surface area contributed by atoms with Crippen LogP contribution < -0.4 is 0 Å². The monoisotopic (exact) mass is 186 g/mol. The van der Waals surface area contributed by atoms with E-state index in [1.807, 2.05) is 0 Å². The summed E-state index contributed by atoms with van der Waals surface area (Å²) in [6, 6.07) is 0. The lowest BCUT2D eigenvalue weighted by Gasteiger charge is -2.35. The number of halogens is 1. The lowest BCUT2D eigenvalue weighted by Crippen LogP contribution is -2.34. The molecule has 0 aromatic rings. The minimum atomic E-state index is -0.104. The van der Waals surface area contributed by atoms with Gasteiger partial charge in [0, 0.05) is 5.92 Å². The van der Waals surface area contributed by atoms with Crippen molar-refractivity contribution < 1.29 is 4.79 Å². The molecule has 0 heterocycles. The Balaban J connectivity index is 2.29. The molecule has 0 aliphatic heterocycles. The summed E-state index contributed by atoms with van der Waals surface area (Å²) in [6.07, 6.45) is 3.76. The van der Waals surface area contributed by atoms with Crippen LogP contribution in [0.15, 0.2) is 0 Å². The van der Waals surface area contributed by atoms with Crippen LogP contribution in [-0.4, -0.2) is 5.24 Å². The molecule has 0 amide bonds. The molecule has 2 aliphatic carbocycles. The smallest absolute Gasteiger partial charge is 0.225 e. The van der Waals surface area contributed by atoms with Gasteiger partial charge in [0.2, 0.25) is 5.24 Å². The number of fused-ring (bicyclic) bond motifs is 2. The molecule has 0 unspecified atom stereocenters. The minimum Gasteiger partial charge on any atom is -0.281 e. The second-order valence-corrected chi connectivity index (χ2v) is 5.25. The molecule has 2 bridgehead atoms. The van der Waals surface area contributed by atoms with Crippen LogP contribution in [0, 0.1) is 23.2 Å². The van der Waals surface area contributed by atoms with Crippen LogP contribution in [0.4, 0.5) is 0 Å². The highest BCUT2D eigenvalue weighted by atomic mass is 35.5. The number of carbonyl (C=O) groups is 1. The van der Waals surface area contributed by atoms with E-state index in [2.05, 4.69) is 13.8 Å². The van der Waals surface area contributed by atoms with Crippen LogP contribution in [0.5, 0.6) is 0 Å². The molecular formula is C10H15ClO. The molecule has 2 aliphatic rings. The predicted octanol–water partition coefficient (Wildman–Crippen LogP) is 2.82. The minimum absolute atomic E-state index is 0.104. The van der Waals surface area contributed by atoms with E-state index in [1.165, 1.54) is 19.3 Å². The van der Waals surface area contributed by atoms with Crippen molar-refractivity contribution in [3.8, 4) is 0 Å². The van der Waals surface area contributed by atoms with E-state index in [-0.39, 0.29) is 16.6 Å². The van der Waals surface area contributed by atoms with Gasteiger partial charge in [-0.3, -0.25) is 4.79 Å². The predicted molar refractivity (Wildman–Crippen MR) is 49.0 cm³/mol. The molecule has 68 valence electrons. The van der Waals surface area contributed by atoms with Crippen molar-refractivity contribution in [1.82, 2.24) is 0 Å². The van der Waals surface area contributed by atoms with Crippen molar-refractivity contribution in [1.29, 1.82) is 0 Å². The van der Waals surface area contributed by atoms with Crippen LogP contribution in [0.25, 0.3) is 0 Å². The number of hydrogen-bond acceptors (Lipinski definition) is 1.